The monoisotopic (exact) mass is 274 g/mol. The smallest absolute Gasteiger partial charge is 0.264 e. The summed E-state index contributed by atoms with van der Waals surface area (Å²) in [6, 6.07) is 0. The summed E-state index contributed by atoms with van der Waals surface area (Å²) in [4.78, 5) is 8.45. The molecule has 0 saturated carbocycles. The van der Waals surface area contributed by atoms with Crippen LogP contribution in [0.4, 0.5) is 0 Å². The molecule has 0 unspecified atom stereocenters. The van der Waals surface area contributed by atoms with Gasteiger partial charge in [0.2, 0.25) is 5.88 Å². The number of hydrogen-bond donors (Lipinski definition) is 0. The Kier molecular flexibility index (Phi) is 4.28. The number of rotatable bonds is 4. The average Bonchev–Trinajstić information content (AvgIpc) is 2.23. The van der Waals surface area contributed by atoms with Crippen molar-refractivity contribution in [3.63, 3.8) is 0 Å². The summed E-state index contributed by atoms with van der Waals surface area (Å²) < 4.78 is 31.7. The van der Waals surface area contributed by atoms with Crippen LogP contribution in [0.2, 0.25) is 0 Å². The van der Waals surface area contributed by atoms with Crippen molar-refractivity contribution < 1.29 is 17.3 Å². The summed E-state index contributed by atoms with van der Waals surface area (Å²) in [5.74, 6) is 0.959. The Bertz CT molecular complexity index is 520. The van der Waals surface area contributed by atoms with Crippen molar-refractivity contribution in [2.24, 2.45) is 0 Å². The van der Waals surface area contributed by atoms with Gasteiger partial charge in [0.05, 0.1) is 25.5 Å². The van der Waals surface area contributed by atoms with Crippen LogP contribution < -0.4 is 4.74 Å². The van der Waals surface area contributed by atoms with Gasteiger partial charge in [0, 0.05) is 11.6 Å². The molecule has 0 bridgehead atoms. The number of methoxy groups -OCH3 is 1. The SMILES string of the molecule is COc1nc(C(C)(C)C)ncc1COS(C)(=O)=O. The predicted octanol–water partition coefficient (Wildman–Crippen LogP) is 1.26. The molecule has 102 valence electrons. The number of nitrogens with zero attached hydrogens (tertiary/aromatic N) is 2. The summed E-state index contributed by atoms with van der Waals surface area (Å²) in [5.41, 5.74) is 0.291. The standard InChI is InChI=1S/C11H18N2O4S/c1-11(2,3)10-12-6-8(9(13-10)16-4)7-17-18(5,14)15/h6H,7H2,1-5H3. The quantitative estimate of drug-likeness (QED) is 0.769. The first-order valence-corrected chi connectivity index (χ1v) is 7.20. The molecular weight excluding hydrogens is 256 g/mol. The molecule has 0 aliphatic rings. The molecule has 0 saturated heterocycles. The fourth-order valence-electron chi connectivity index (χ4n) is 1.20. The molecule has 1 aromatic rings. The van der Waals surface area contributed by atoms with E-state index in [1.807, 2.05) is 20.8 Å². The molecule has 7 heteroatoms. The maximum Gasteiger partial charge on any atom is 0.264 e. The van der Waals surface area contributed by atoms with Gasteiger partial charge in [-0.2, -0.15) is 13.4 Å². The molecule has 0 aliphatic carbocycles. The molecule has 1 rings (SSSR count). The van der Waals surface area contributed by atoms with E-state index in [4.69, 9.17) is 8.92 Å². The van der Waals surface area contributed by atoms with Crippen LogP contribution in [-0.2, 0) is 26.3 Å². The van der Waals surface area contributed by atoms with Gasteiger partial charge in [-0.15, -0.1) is 0 Å². The summed E-state index contributed by atoms with van der Waals surface area (Å²) >= 11 is 0. The highest BCUT2D eigenvalue weighted by Crippen LogP contribution is 2.23. The molecule has 18 heavy (non-hydrogen) atoms. The molecule has 0 radical (unpaired) electrons. The molecular formula is C11H18N2O4S. The van der Waals surface area contributed by atoms with Crippen LogP contribution in [0.1, 0.15) is 32.2 Å². The zero-order valence-electron chi connectivity index (χ0n) is 11.2. The Morgan fingerprint density at radius 2 is 1.94 bits per heavy atom. The van der Waals surface area contributed by atoms with Crippen molar-refractivity contribution in [2.45, 2.75) is 32.8 Å². The van der Waals surface area contributed by atoms with Gasteiger partial charge in [0.15, 0.2) is 0 Å². The highest BCUT2D eigenvalue weighted by Gasteiger charge is 2.20. The molecule has 1 heterocycles. The molecule has 1 aromatic heterocycles. The third-order valence-corrected chi connectivity index (χ3v) is 2.66. The fourth-order valence-corrected chi connectivity index (χ4v) is 1.54. The molecule has 0 spiro atoms. The van der Waals surface area contributed by atoms with Crippen LogP contribution >= 0.6 is 0 Å². The lowest BCUT2D eigenvalue weighted by Crippen LogP contribution is -2.17. The van der Waals surface area contributed by atoms with Crippen LogP contribution in [0.15, 0.2) is 6.20 Å². The Balaban J connectivity index is 3.01. The van der Waals surface area contributed by atoms with E-state index in [9.17, 15) is 8.42 Å². The molecule has 0 N–H and O–H groups in total. The second-order valence-corrected chi connectivity index (χ2v) is 6.59. The van der Waals surface area contributed by atoms with Gasteiger partial charge >= 0.3 is 0 Å². The van der Waals surface area contributed by atoms with Crippen molar-refractivity contribution in [1.29, 1.82) is 0 Å². The largest absolute Gasteiger partial charge is 0.481 e. The lowest BCUT2D eigenvalue weighted by Gasteiger charge is -2.17. The van der Waals surface area contributed by atoms with E-state index in [1.54, 1.807) is 0 Å². The Labute approximate surface area is 107 Å². The summed E-state index contributed by atoms with van der Waals surface area (Å²) in [7, 11) is -2.03. The van der Waals surface area contributed by atoms with E-state index in [1.165, 1.54) is 13.3 Å². The average molecular weight is 274 g/mol. The number of ether oxygens (including phenoxy) is 1. The summed E-state index contributed by atoms with van der Waals surface area (Å²) in [5, 5.41) is 0. The van der Waals surface area contributed by atoms with E-state index in [-0.39, 0.29) is 12.0 Å². The van der Waals surface area contributed by atoms with Crippen LogP contribution in [0.25, 0.3) is 0 Å². The number of hydrogen-bond acceptors (Lipinski definition) is 6. The van der Waals surface area contributed by atoms with Crippen LogP contribution in [-0.4, -0.2) is 31.8 Å². The fraction of sp³-hybridized carbons (Fsp3) is 0.636. The van der Waals surface area contributed by atoms with Crippen LogP contribution in [0, 0.1) is 0 Å². The van der Waals surface area contributed by atoms with E-state index in [0.29, 0.717) is 17.3 Å². The molecule has 0 aromatic carbocycles. The lowest BCUT2D eigenvalue weighted by atomic mass is 9.96. The normalized spacial score (nSPS) is 12.5. The molecule has 0 aliphatic heterocycles. The topological polar surface area (TPSA) is 78.4 Å². The van der Waals surface area contributed by atoms with Gasteiger partial charge in [0.1, 0.15) is 5.82 Å². The van der Waals surface area contributed by atoms with Gasteiger partial charge in [-0.25, -0.2) is 4.98 Å². The molecule has 6 nitrogen and oxygen atoms in total. The number of aromatic nitrogens is 2. The van der Waals surface area contributed by atoms with Gasteiger partial charge in [0.25, 0.3) is 10.1 Å². The first-order valence-electron chi connectivity index (χ1n) is 5.38. The predicted molar refractivity (Wildman–Crippen MR) is 66.9 cm³/mol. The van der Waals surface area contributed by atoms with Gasteiger partial charge in [-0.3, -0.25) is 4.18 Å². The first kappa shape index (κ1) is 14.8. The van der Waals surface area contributed by atoms with Gasteiger partial charge in [-0.05, 0) is 0 Å². The van der Waals surface area contributed by atoms with Gasteiger partial charge in [-0.1, -0.05) is 20.8 Å². The highest BCUT2D eigenvalue weighted by atomic mass is 32.2. The zero-order valence-corrected chi connectivity index (χ0v) is 12.0. The minimum atomic E-state index is -3.50. The maximum atomic E-state index is 10.9. The van der Waals surface area contributed by atoms with Crippen molar-refractivity contribution >= 4 is 10.1 Å². The summed E-state index contributed by atoms with van der Waals surface area (Å²) in [6.45, 7) is 5.81. The Morgan fingerprint density at radius 3 is 2.39 bits per heavy atom. The van der Waals surface area contributed by atoms with Gasteiger partial charge < -0.3 is 4.74 Å². The zero-order chi connectivity index (χ0) is 14.0. The lowest BCUT2D eigenvalue weighted by molar-refractivity contribution is 0.297. The van der Waals surface area contributed by atoms with E-state index in [2.05, 4.69) is 9.97 Å². The first-order chi connectivity index (χ1) is 8.13. The van der Waals surface area contributed by atoms with Crippen LogP contribution in [0.5, 0.6) is 5.88 Å². The van der Waals surface area contributed by atoms with E-state index < -0.39 is 10.1 Å². The highest BCUT2D eigenvalue weighted by molar-refractivity contribution is 7.85. The van der Waals surface area contributed by atoms with Crippen LogP contribution in [0.3, 0.4) is 0 Å². The second kappa shape index (κ2) is 5.19. The Morgan fingerprint density at radius 1 is 1.33 bits per heavy atom. The van der Waals surface area contributed by atoms with Crippen molar-refractivity contribution in [3.8, 4) is 5.88 Å². The van der Waals surface area contributed by atoms with E-state index in [0.717, 1.165) is 6.26 Å². The second-order valence-electron chi connectivity index (χ2n) is 4.94. The minimum Gasteiger partial charge on any atom is -0.481 e. The Hall–Kier alpha value is -1.21. The van der Waals surface area contributed by atoms with Crippen molar-refractivity contribution in [2.75, 3.05) is 13.4 Å². The summed E-state index contributed by atoms with van der Waals surface area (Å²) in [6.07, 6.45) is 2.52. The third-order valence-electron chi connectivity index (χ3n) is 2.12. The van der Waals surface area contributed by atoms with Crippen molar-refractivity contribution in [1.82, 2.24) is 9.97 Å². The van der Waals surface area contributed by atoms with Crippen molar-refractivity contribution in [3.05, 3.63) is 17.6 Å². The third kappa shape index (κ3) is 4.23. The van der Waals surface area contributed by atoms with E-state index >= 15 is 0 Å². The maximum absolute atomic E-state index is 10.9. The minimum absolute atomic E-state index is 0.133. The molecule has 0 fully saturated rings. The molecule has 0 atom stereocenters. The molecule has 0 amide bonds.